The average Bonchev–Trinajstić information content (AvgIpc) is 2.68. The first-order chi connectivity index (χ1) is 13.0. The van der Waals surface area contributed by atoms with Crippen molar-refractivity contribution in [2.45, 2.75) is 25.8 Å². The number of amides is 1. The van der Waals surface area contributed by atoms with Gasteiger partial charge in [-0.2, -0.15) is 0 Å². The highest BCUT2D eigenvalue weighted by molar-refractivity contribution is 6.42. The van der Waals surface area contributed by atoms with Gasteiger partial charge in [0.25, 0.3) is 0 Å². The van der Waals surface area contributed by atoms with E-state index in [1.165, 1.54) is 5.56 Å². The molecule has 0 radical (unpaired) electrons. The summed E-state index contributed by atoms with van der Waals surface area (Å²) in [5.41, 5.74) is 4.31. The summed E-state index contributed by atoms with van der Waals surface area (Å²) >= 11 is 12.0. The topological polar surface area (TPSA) is 29.1 Å². The largest absolute Gasteiger partial charge is 0.345 e. The maximum atomic E-state index is 12.6. The number of rotatable bonds is 6. The second-order valence-corrected chi connectivity index (χ2v) is 7.38. The average molecular weight is 398 g/mol. The van der Waals surface area contributed by atoms with Crippen molar-refractivity contribution in [3.8, 4) is 0 Å². The molecule has 0 aliphatic heterocycles. The van der Waals surface area contributed by atoms with Crippen molar-refractivity contribution in [1.82, 2.24) is 5.32 Å². The maximum Gasteiger partial charge on any atom is 0.221 e. The van der Waals surface area contributed by atoms with E-state index in [1.54, 1.807) is 6.07 Å². The Balaban J connectivity index is 1.72. The van der Waals surface area contributed by atoms with Gasteiger partial charge in [-0.3, -0.25) is 4.79 Å². The van der Waals surface area contributed by atoms with Gasteiger partial charge in [0, 0.05) is 6.42 Å². The monoisotopic (exact) mass is 397 g/mol. The number of benzene rings is 3. The molecular formula is C23H21Cl2NO. The summed E-state index contributed by atoms with van der Waals surface area (Å²) in [5, 5.41) is 4.20. The molecule has 4 heteroatoms. The molecule has 3 aromatic rings. The molecule has 138 valence electrons. The van der Waals surface area contributed by atoms with Crippen LogP contribution in [0, 0.1) is 6.92 Å². The minimum Gasteiger partial charge on any atom is -0.345 e. The van der Waals surface area contributed by atoms with Crippen LogP contribution in [0.2, 0.25) is 10.0 Å². The van der Waals surface area contributed by atoms with Gasteiger partial charge in [-0.05, 0) is 42.2 Å². The molecule has 1 unspecified atom stereocenters. The Morgan fingerprint density at radius 3 is 2.22 bits per heavy atom. The molecular weight excluding hydrogens is 377 g/mol. The van der Waals surface area contributed by atoms with Gasteiger partial charge in [-0.25, -0.2) is 0 Å². The van der Waals surface area contributed by atoms with E-state index in [-0.39, 0.29) is 11.9 Å². The molecule has 3 aromatic carbocycles. The van der Waals surface area contributed by atoms with Crippen molar-refractivity contribution in [3.63, 3.8) is 0 Å². The van der Waals surface area contributed by atoms with Crippen LogP contribution in [0.15, 0.2) is 72.8 Å². The van der Waals surface area contributed by atoms with Gasteiger partial charge < -0.3 is 5.32 Å². The van der Waals surface area contributed by atoms with E-state index in [0.29, 0.717) is 22.9 Å². The van der Waals surface area contributed by atoms with E-state index < -0.39 is 0 Å². The van der Waals surface area contributed by atoms with Crippen LogP contribution >= 0.6 is 23.2 Å². The van der Waals surface area contributed by atoms with Gasteiger partial charge in [-0.15, -0.1) is 0 Å². The van der Waals surface area contributed by atoms with E-state index >= 15 is 0 Å². The maximum absolute atomic E-state index is 12.6. The second-order valence-electron chi connectivity index (χ2n) is 6.57. The molecule has 0 spiro atoms. The third-order valence-electron chi connectivity index (χ3n) is 4.47. The molecule has 0 aliphatic carbocycles. The van der Waals surface area contributed by atoms with Crippen LogP contribution in [-0.4, -0.2) is 5.91 Å². The van der Waals surface area contributed by atoms with Gasteiger partial charge in [0.05, 0.1) is 16.1 Å². The molecule has 0 saturated heterocycles. The molecule has 0 bridgehead atoms. The first-order valence-electron chi connectivity index (χ1n) is 8.88. The van der Waals surface area contributed by atoms with Crippen molar-refractivity contribution >= 4 is 29.1 Å². The Kier molecular flexibility index (Phi) is 6.54. The number of carbonyl (C=O) groups excluding carboxylic acids is 1. The first-order valence-corrected chi connectivity index (χ1v) is 9.63. The zero-order chi connectivity index (χ0) is 19.2. The molecule has 2 nitrogen and oxygen atoms in total. The summed E-state index contributed by atoms with van der Waals surface area (Å²) in [7, 11) is 0. The van der Waals surface area contributed by atoms with Gasteiger partial charge >= 0.3 is 0 Å². The SMILES string of the molecule is Cc1ccc(C(NC(=O)CCc2ccc(Cl)c(Cl)c2)c2ccccc2)cc1. The lowest BCUT2D eigenvalue weighted by Gasteiger charge is -2.20. The van der Waals surface area contributed by atoms with Crippen molar-refractivity contribution < 1.29 is 4.79 Å². The molecule has 1 atom stereocenters. The summed E-state index contributed by atoms with van der Waals surface area (Å²) in [6, 6.07) is 23.6. The molecule has 3 rings (SSSR count). The molecule has 0 heterocycles. The Hall–Kier alpha value is -2.29. The highest BCUT2D eigenvalue weighted by Gasteiger charge is 2.16. The fourth-order valence-corrected chi connectivity index (χ4v) is 3.27. The van der Waals surface area contributed by atoms with Crippen molar-refractivity contribution in [2.24, 2.45) is 0 Å². The third kappa shape index (κ3) is 5.35. The third-order valence-corrected chi connectivity index (χ3v) is 5.21. The van der Waals surface area contributed by atoms with Crippen molar-refractivity contribution in [2.75, 3.05) is 0 Å². The van der Waals surface area contributed by atoms with E-state index in [9.17, 15) is 4.79 Å². The van der Waals surface area contributed by atoms with Crippen LogP contribution in [-0.2, 0) is 11.2 Å². The van der Waals surface area contributed by atoms with E-state index in [0.717, 1.165) is 16.7 Å². The molecule has 27 heavy (non-hydrogen) atoms. The molecule has 0 aliphatic rings. The summed E-state index contributed by atoms with van der Waals surface area (Å²) in [4.78, 5) is 12.6. The minimum atomic E-state index is -0.173. The number of hydrogen-bond acceptors (Lipinski definition) is 1. The summed E-state index contributed by atoms with van der Waals surface area (Å²) in [6.07, 6.45) is 0.991. The quantitative estimate of drug-likeness (QED) is 0.531. The number of hydrogen-bond donors (Lipinski definition) is 1. The van der Waals surface area contributed by atoms with Gasteiger partial charge in [0.15, 0.2) is 0 Å². The van der Waals surface area contributed by atoms with E-state index in [4.69, 9.17) is 23.2 Å². The normalized spacial score (nSPS) is 11.8. The van der Waals surface area contributed by atoms with Crippen LogP contribution in [0.1, 0.15) is 34.7 Å². The zero-order valence-corrected chi connectivity index (χ0v) is 16.6. The Bertz CT molecular complexity index is 907. The summed E-state index contributed by atoms with van der Waals surface area (Å²) < 4.78 is 0. The summed E-state index contributed by atoms with van der Waals surface area (Å²) in [6.45, 7) is 2.05. The summed E-state index contributed by atoms with van der Waals surface area (Å²) in [5.74, 6) is -0.00417. The van der Waals surface area contributed by atoms with Crippen LogP contribution < -0.4 is 5.32 Å². The molecule has 1 N–H and O–H groups in total. The standard InChI is InChI=1S/C23H21Cl2NO/c1-16-7-11-19(12-8-16)23(18-5-3-2-4-6-18)26-22(27)14-10-17-9-13-20(24)21(25)15-17/h2-9,11-13,15,23H,10,14H2,1H3,(H,26,27). The Morgan fingerprint density at radius 1 is 0.889 bits per heavy atom. The lowest BCUT2D eigenvalue weighted by Crippen LogP contribution is -2.29. The van der Waals surface area contributed by atoms with Crippen LogP contribution in [0.4, 0.5) is 0 Å². The predicted octanol–water partition coefficient (Wildman–Crippen LogP) is 6.14. The van der Waals surface area contributed by atoms with Crippen LogP contribution in [0.25, 0.3) is 0 Å². The number of carbonyl (C=O) groups is 1. The first kappa shape index (κ1) is 19.5. The minimum absolute atomic E-state index is 0.00417. The Morgan fingerprint density at radius 2 is 1.56 bits per heavy atom. The van der Waals surface area contributed by atoms with Crippen LogP contribution in [0.5, 0.6) is 0 Å². The highest BCUT2D eigenvalue weighted by Crippen LogP contribution is 2.24. The van der Waals surface area contributed by atoms with Gasteiger partial charge in [-0.1, -0.05) is 89.4 Å². The predicted molar refractivity (Wildman–Crippen MR) is 112 cm³/mol. The van der Waals surface area contributed by atoms with Crippen molar-refractivity contribution in [3.05, 3.63) is 105 Å². The lowest BCUT2D eigenvalue weighted by molar-refractivity contribution is -0.121. The molecule has 1 amide bonds. The van der Waals surface area contributed by atoms with Crippen molar-refractivity contribution in [1.29, 1.82) is 0 Å². The van der Waals surface area contributed by atoms with Crippen LogP contribution in [0.3, 0.4) is 0 Å². The van der Waals surface area contributed by atoms with Gasteiger partial charge in [0.1, 0.15) is 0 Å². The smallest absolute Gasteiger partial charge is 0.221 e. The fourth-order valence-electron chi connectivity index (χ4n) is 2.95. The number of nitrogens with one attached hydrogen (secondary N) is 1. The van der Waals surface area contributed by atoms with E-state index in [2.05, 4.69) is 36.5 Å². The lowest BCUT2D eigenvalue weighted by atomic mass is 9.97. The molecule has 0 aromatic heterocycles. The molecule has 0 fully saturated rings. The number of aryl methyl sites for hydroxylation is 2. The molecule has 0 saturated carbocycles. The van der Waals surface area contributed by atoms with E-state index in [1.807, 2.05) is 42.5 Å². The van der Waals surface area contributed by atoms with Gasteiger partial charge in [0.2, 0.25) is 5.91 Å². The Labute approximate surface area is 170 Å². The fraction of sp³-hybridized carbons (Fsp3) is 0.174. The highest BCUT2D eigenvalue weighted by atomic mass is 35.5. The zero-order valence-electron chi connectivity index (χ0n) is 15.1. The number of halogens is 2. The second kappa shape index (κ2) is 9.07.